The summed E-state index contributed by atoms with van der Waals surface area (Å²) in [6, 6.07) is 7.93. The monoisotopic (exact) mass is 433 g/mol. The van der Waals surface area contributed by atoms with Crippen molar-refractivity contribution in [2.24, 2.45) is 10.7 Å². The van der Waals surface area contributed by atoms with E-state index >= 15 is 0 Å². The second-order valence-corrected chi connectivity index (χ2v) is 5.54. The lowest BCUT2D eigenvalue weighted by Crippen LogP contribution is -2.40. The third kappa shape index (κ3) is 7.39. The minimum absolute atomic E-state index is 0. The maximum atomic E-state index is 6.00. The van der Waals surface area contributed by atoms with Gasteiger partial charge in [-0.05, 0) is 43.4 Å². The molecule has 0 saturated carbocycles. The molecular weight excluding hydrogens is 405 g/mol. The van der Waals surface area contributed by atoms with Crippen molar-refractivity contribution in [2.75, 3.05) is 33.4 Å². The zero-order valence-electron chi connectivity index (χ0n) is 13.9. The average molecular weight is 433 g/mol. The van der Waals surface area contributed by atoms with Crippen molar-refractivity contribution < 1.29 is 9.47 Å². The minimum Gasteiger partial charge on any atom is -0.497 e. The Labute approximate surface area is 156 Å². The van der Waals surface area contributed by atoms with Crippen LogP contribution in [0.3, 0.4) is 0 Å². The predicted octanol–water partition coefficient (Wildman–Crippen LogP) is 3.02. The number of nitrogens with two attached hydrogens (primary N) is 1. The van der Waals surface area contributed by atoms with Crippen LogP contribution in [-0.2, 0) is 11.3 Å². The number of piperidine rings is 1. The summed E-state index contributed by atoms with van der Waals surface area (Å²) in [7, 11) is 1.67. The van der Waals surface area contributed by atoms with Gasteiger partial charge in [-0.15, -0.1) is 24.0 Å². The number of halogens is 1. The van der Waals surface area contributed by atoms with E-state index in [1.165, 1.54) is 19.3 Å². The van der Waals surface area contributed by atoms with Gasteiger partial charge in [-0.1, -0.05) is 12.1 Å². The Morgan fingerprint density at radius 2 is 1.87 bits per heavy atom. The van der Waals surface area contributed by atoms with E-state index in [0.29, 0.717) is 19.2 Å². The molecule has 2 rings (SSSR count). The van der Waals surface area contributed by atoms with Gasteiger partial charge in [-0.3, -0.25) is 4.99 Å². The lowest BCUT2D eigenvalue weighted by Gasteiger charge is -2.27. The standard InChI is InChI=1S/C17H27N3O2.HI/c1-21-16-8-6-15(7-9-16)14-22-13-5-10-19-17(18)20-11-3-2-4-12-20;/h6-9H,2-5,10-14H2,1H3,(H2,18,19);1H. The highest BCUT2D eigenvalue weighted by atomic mass is 127. The number of methoxy groups -OCH3 is 1. The van der Waals surface area contributed by atoms with Gasteiger partial charge in [-0.2, -0.15) is 0 Å². The molecule has 0 unspecified atom stereocenters. The Hall–Kier alpha value is -1.02. The van der Waals surface area contributed by atoms with Crippen molar-refractivity contribution in [1.82, 2.24) is 4.90 Å². The van der Waals surface area contributed by atoms with Crippen LogP contribution < -0.4 is 10.5 Å². The van der Waals surface area contributed by atoms with Crippen molar-refractivity contribution in [2.45, 2.75) is 32.3 Å². The fraction of sp³-hybridized carbons (Fsp3) is 0.588. The first-order valence-electron chi connectivity index (χ1n) is 8.05. The van der Waals surface area contributed by atoms with E-state index in [2.05, 4.69) is 9.89 Å². The Bertz CT molecular complexity index is 459. The maximum absolute atomic E-state index is 6.00. The van der Waals surface area contributed by atoms with Crippen molar-refractivity contribution >= 4 is 29.9 Å². The Kier molecular flexibility index (Phi) is 10.0. The highest BCUT2D eigenvalue weighted by Gasteiger charge is 2.11. The molecule has 1 aliphatic rings. The zero-order valence-corrected chi connectivity index (χ0v) is 16.2. The molecule has 0 aromatic heterocycles. The molecule has 1 heterocycles. The zero-order chi connectivity index (χ0) is 15.6. The van der Waals surface area contributed by atoms with Gasteiger partial charge in [0, 0.05) is 26.2 Å². The van der Waals surface area contributed by atoms with Crippen molar-refractivity contribution in [1.29, 1.82) is 0 Å². The molecule has 6 heteroatoms. The Morgan fingerprint density at radius 1 is 1.17 bits per heavy atom. The van der Waals surface area contributed by atoms with Crippen LogP contribution in [0.4, 0.5) is 0 Å². The number of guanidine groups is 1. The second-order valence-electron chi connectivity index (χ2n) is 5.54. The molecule has 1 aromatic rings. The summed E-state index contributed by atoms with van der Waals surface area (Å²) in [6.45, 7) is 4.13. The summed E-state index contributed by atoms with van der Waals surface area (Å²) in [5.74, 6) is 1.56. The molecule has 0 radical (unpaired) electrons. The van der Waals surface area contributed by atoms with E-state index in [0.717, 1.165) is 37.4 Å². The molecule has 2 N–H and O–H groups in total. The van der Waals surface area contributed by atoms with Crippen LogP contribution in [0.15, 0.2) is 29.3 Å². The predicted molar refractivity (Wildman–Crippen MR) is 105 cm³/mol. The molecule has 1 aliphatic heterocycles. The Balaban J connectivity index is 0.00000264. The van der Waals surface area contributed by atoms with E-state index in [9.17, 15) is 0 Å². The van der Waals surface area contributed by atoms with Crippen molar-refractivity contribution in [3.8, 4) is 5.75 Å². The molecule has 1 fully saturated rings. The number of rotatable bonds is 7. The highest BCUT2D eigenvalue weighted by molar-refractivity contribution is 14.0. The number of aliphatic imine (C=N–C) groups is 1. The highest BCUT2D eigenvalue weighted by Crippen LogP contribution is 2.12. The number of benzene rings is 1. The van der Waals surface area contributed by atoms with Crippen LogP contribution in [0, 0.1) is 0 Å². The third-order valence-corrected chi connectivity index (χ3v) is 3.83. The number of ether oxygens (including phenoxy) is 2. The summed E-state index contributed by atoms with van der Waals surface area (Å²) < 4.78 is 10.8. The normalized spacial score (nSPS) is 15.2. The molecule has 23 heavy (non-hydrogen) atoms. The maximum Gasteiger partial charge on any atom is 0.191 e. The molecule has 5 nitrogen and oxygen atoms in total. The molecular formula is C17H28IN3O2. The topological polar surface area (TPSA) is 60.1 Å². The molecule has 0 amide bonds. The molecule has 1 aromatic carbocycles. The van der Waals surface area contributed by atoms with E-state index in [-0.39, 0.29) is 24.0 Å². The summed E-state index contributed by atoms with van der Waals surface area (Å²) in [4.78, 5) is 6.62. The molecule has 0 bridgehead atoms. The first-order chi connectivity index (χ1) is 10.8. The van der Waals surface area contributed by atoms with Gasteiger partial charge >= 0.3 is 0 Å². The van der Waals surface area contributed by atoms with Gasteiger partial charge in [0.15, 0.2) is 5.96 Å². The minimum atomic E-state index is 0. The lowest BCUT2D eigenvalue weighted by atomic mass is 10.1. The molecule has 0 atom stereocenters. The van der Waals surface area contributed by atoms with Crippen molar-refractivity contribution in [3.05, 3.63) is 29.8 Å². The average Bonchev–Trinajstić information content (AvgIpc) is 2.59. The number of hydrogen-bond acceptors (Lipinski definition) is 3. The van der Waals surface area contributed by atoms with Gasteiger partial charge in [0.1, 0.15) is 5.75 Å². The fourth-order valence-corrected chi connectivity index (χ4v) is 2.50. The van der Waals surface area contributed by atoms with Crippen LogP contribution in [0.1, 0.15) is 31.2 Å². The quantitative estimate of drug-likeness (QED) is 0.311. The molecule has 0 spiro atoms. The van der Waals surface area contributed by atoms with Crippen LogP contribution >= 0.6 is 24.0 Å². The lowest BCUT2D eigenvalue weighted by molar-refractivity contribution is 0.120. The molecule has 1 saturated heterocycles. The number of hydrogen-bond donors (Lipinski definition) is 1. The molecule has 0 aliphatic carbocycles. The van der Waals surface area contributed by atoms with Crippen molar-refractivity contribution in [3.63, 3.8) is 0 Å². The number of likely N-dealkylation sites (tertiary alicyclic amines) is 1. The van der Waals surface area contributed by atoms with Crippen LogP contribution in [0.5, 0.6) is 5.75 Å². The number of nitrogens with zero attached hydrogens (tertiary/aromatic N) is 2. The van der Waals surface area contributed by atoms with Crippen LogP contribution in [0.25, 0.3) is 0 Å². The summed E-state index contributed by atoms with van der Waals surface area (Å²) in [5, 5.41) is 0. The van der Waals surface area contributed by atoms with Crippen LogP contribution in [-0.4, -0.2) is 44.2 Å². The van der Waals surface area contributed by atoms with Gasteiger partial charge in [0.25, 0.3) is 0 Å². The Morgan fingerprint density at radius 3 is 2.52 bits per heavy atom. The first-order valence-corrected chi connectivity index (χ1v) is 8.05. The third-order valence-electron chi connectivity index (χ3n) is 3.83. The second kappa shape index (κ2) is 11.5. The van der Waals surface area contributed by atoms with E-state index in [1.54, 1.807) is 7.11 Å². The summed E-state index contributed by atoms with van der Waals surface area (Å²) in [5.41, 5.74) is 7.15. The smallest absolute Gasteiger partial charge is 0.191 e. The van der Waals surface area contributed by atoms with Crippen LogP contribution in [0.2, 0.25) is 0 Å². The van der Waals surface area contributed by atoms with Gasteiger partial charge in [0.2, 0.25) is 0 Å². The largest absolute Gasteiger partial charge is 0.497 e. The van der Waals surface area contributed by atoms with E-state index in [1.807, 2.05) is 24.3 Å². The van der Waals surface area contributed by atoms with Gasteiger partial charge in [-0.25, -0.2) is 0 Å². The first kappa shape index (κ1) is 20.0. The van der Waals surface area contributed by atoms with Gasteiger partial charge < -0.3 is 20.1 Å². The van der Waals surface area contributed by atoms with Gasteiger partial charge in [0.05, 0.1) is 13.7 Å². The SMILES string of the molecule is COc1ccc(COCCCN=C(N)N2CCCCC2)cc1.I. The molecule has 130 valence electrons. The summed E-state index contributed by atoms with van der Waals surface area (Å²) >= 11 is 0. The van der Waals surface area contributed by atoms with E-state index < -0.39 is 0 Å². The summed E-state index contributed by atoms with van der Waals surface area (Å²) in [6.07, 6.45) is 4.65. The van der Waals surface area contributed by atoms with E-state index in [4.69, 9.17) is 15.2 Å². The fourth-order valence-electron chi connectivity index (χ4n) is 2.50.